The number of aryl methyl sites for hydroxylation is 1. The number of para-hydroxylation sites is 1. The van der Waals surface area contributed by atoms with Gasteiger partial charge in [-0.15, -0.1) is 12.4 Å². The van der Waals surface area contributed by atoms with E-state index in [9.17, 15) is 9.18 Å². The monoisotopic (exact) mass is 527 g/mol. The third-order valence-corrected chi connectivity index (χ3v) is 6.07. The van der Waals surface area contributed by atoms with Crippen LogP contribution in [0.15, 0.2) is 47.6 Å². The number of benzene rings is 2. The SMILES string of the molecule is CCNc1ncc2c(n1)N1CCN=C1C(c1cc(NC(=O)Nc3ccccc3Cl)c(F)cc1C)=C2.Cl. The van der Waals surface area contributed by atoms with E-state index in [1.807, 2.05) is 24.8 Å². The number of hydrogen-bond acceptors (Lipinski definition) is 6. The molecule has 0 bridgehead atoms. The number of aromatic nitrogens is 2. The summed E-state index contributed by atoms with van der Waals surface area (Å²) in [4.78, 5) is 28.4. The van der Waals surface area contributed by atoms with Gasteiger partial charge in [-0.2, -0.15) is 4.98 Å². The molecule has 3 aromatic rings. The summed E-state index contributed by atoms with van der Waals surface area (Å²) in [5, 5.41) is 8.77. The van der Waals surface area contributed by atoms with E-state index < -0.39 is 11.8 Å². The Hall–Kier alpha value is -3.69. The van der Waals surface area contributed by atoms with Crippen LogP contribution in [-0.4, -0.2) is 41.5 Å². The van der Waals surface area contributed by atoms with Crippen LogP contribution in [0, 0.1) is 12.7 Å². The highest BCUT2D eigenvalue weighted by molar-refractivity contribution is 6.36. The van der Waals surface area contributed by atoms with Gasteiger partial charge in [0.15, 0.2) is 0 Å². The molecule has 0 atom stereocenters. The zero-order valence-corrected chi connectivity index (χ0v) is 21.2. The Bertz CT molecular complexity index is 1390. The number of halogens is 3. The number of anilines is 4. The highest BCUT2D eigenvalue weighted by atomic mass is 35.5. The number of amides is 2. The summed E-state index contributed by atoms with van der Waals surface area (Å²) in [5.74, 6) is 1.57. The Morgan fingerprint density at radius 2 is 1.97 bits per heavy atom. The average Bonchev–Trinajstić information content (AvgIpc) is 3.33. The van der Waals surface area contributed by atoms with E-state index in [-0.39, 0.29) is 18.1 Å². The summed E-state index contributed by atoms with van der Waals surface area (Å²) in [6.07, 6.45) is 3.73. The van der Waals surface area contributed by atoms with Crippen molar-refractivity contribution in [1.29, 1.82) is 0 Å². The smallest absolute Gasteiger partial charge is 0.323 e. The lowest BCUT2D eigenvalue weighted by Gasteiger charge is -2.28. The Balaban J connectivity index is 0.00000304. The van der Waals surface area contributed by atoms with Gasteiger partial charge >= 0.3 is 6.03 Å². The maximum absolute atomic E-state index is 14.8. The Morgan fingerprint density at radius 1 is 1.19 bits per heavy atom. The molecule has 0 saturated carbocycles. The highest BCUT2D eigenvalue weighted by Gasteiger charge is 2.31. The molecule has 0 saturated heterocycles. The number of fused-ring (bicyclic) bond motifs is 3. The normalized spacial score (nSPS) is 13.6. The first-order chi connectivity index (χ1) is 16.9. The topological polar surface area (TPSA) is 94.5 Å². The Kier molecular flexibility index (Phi) is 7.42. The van der Waals surface area contributed by atoms with Crippen molar-refractivity contribution < 1.29 is 9.18 Å². The fourth-order valence-corrected chi connectivity index (χ4v) is 4.33. The second-order valence-corrected chi connectivity index (χ2v) is 8.53. The van der Waals surface area contributed by atoms with Crippen molar-refractivity contribution in [3.8, 4) is 0 Å². The van der Waals surface area contributed by atoms with Crippen molar-refractivity contribution in [2.24, 2.45) is 4.99 Å². The van der Waals surface area contributed by atoms with Gasteiger partial charge in [-0.3, -0.25) is 4.99 Å². The van der Waals surface area contributed by atoms with Crippen LogP contribution >= 0.6 is 24.0 Å². The van der Waals surface area contributed by atoms with E-state index in [4.69, 9.17) is 16.6 Å². The van der Waals surface area contributed by atoms with Crippen molar-refractivity contribution >= 4 is 70.7 Å². The first-order valence-electron chi connectivity index (χ1n) is 11.2. The largest absolute Gasteiger partial charge is 0.354 e. The molecule has 5 rings (SSSR count). The number of aliphatic imine (C=N–C) groups is 1. The van der Waals surface area contributed by atoms with Crippen LogP contribution in [0.2, 0.25) is 5.02 Å². The summed E-state index contributed by atoms with van der Waals surface area (Å²) in [7, 11) is 0. The van der Waals surface area contributed by atoms with Crippen LogP contribution in [0.3, 0.4) is 0 Å². The highest BCUT2D eigenvalue weighted by Crippen LogP contribution is 2.37. The van der Waals surface area contributed by atoms with Gasteiger partial charge in [0.25, 0.3) is 0 Å². The van der Waals surface area contributed by atoms with Crippen molar-refractivity contribution in [3.05, 3.63) is 70.1 Å². The van der Waals surface area contributed by atoms with Crippen LogP contribution in [0.1, 0.15) is 23.6 Å². The molecule has 3 N–H and O–H groups in total. The van der Waals surface area contributed by atoms with Gasteiger partial charge in [-0.1, -0.05) is 23.7 Å². The minimum Gasteiger partial charge on any atom is -0.354 e. The number of carbonyl (C=O) groups is 1. The molecule has 2 amide bonds. The van der Waals surface area contributed by atoms with E-state index in [0.717, 1.165) is 34.9 Å². The van der Waals surface area contributed by atoms with Crippen LogP contribution in [0.25, 0.3) is 11.6 Å². The molecule has 3 heterocycles. The lowest BCUT2D eigenvalue weighted by atomic mass is 9.94. The van der Waals surface area contributed by atoms with Crippen molar-refractivity contribution in [1.82, 2.24) is 9.97 Å². The number of hydrogen-bond donors (Lipinski definition) is 3. The molecule has 186 valence electrons. The molecule has 11 heteroatoms. The lowest BCUT2D eigenvalue weighted by molar-refractivity contribution is 0.262. The van der Waals surface area contributed by atoms with E-state index >= 15 is 0 Å². The van der Waals surface area contributed by atoms with E-state index in [2.05, 4.69) is 25.9 Å². The van der Waals surface area contributed by atoms with Gasteiger partial charge in [-0.25, -0.2) is 14.2 Å². The van der Waals surface area contributed by atoms with Crippen LogP contribution < -0.4 is 20.9 Å². The lowest BCUT2D eigenvalue weighted by Crippen LogP contribution is -2.32. The van der Waals surface area contributed by atoms with Gasteiger partial charge in [0.1, 0.15) is 17.5 Å². The molecule has 8 nitrogen and oxygen atoms in total. The zero-order valence-electron chi connectivity index (χ0n) is 19.6. The quantitative estimate of drug-likeness (QED) is 0.387. The van der Waals surface area contributed by atoms with Crippen LogP contribution in [0.4, 0.5) is 32.3 Å². The summed E-state index contributed by atoms with van der Waals surface area (Å²) in [6.45, 7) is 5.84. The molecule has 1 aromatic heterocycles. The predicted molar refractivity (Wildman–Crippen MR) is 146 cm³/mol. The second-order valence-electron chi connectivity index (χ2n) is 8.12. The fraction of sp³-hybridized carbons (Fsp3) is 0.200. The van der Waals surface area contributed by atoms with Crippen LogP contribution in [0.5, 0.6) is 0 Å². The maximum atomic E-state index is 14.8. The number of amidine groups is 1. The number of nitrogens with zero attached hydrogens (tertiary/aromatic N) is 4. The second kappa shape index (κ2) is 10.5. The van der Waals surface area contributed by atoms with Gasteiger partial charge < -0.3 is 20.9 Å². The summed E-state index contributed by atoms with van der Waals surface area (Å²) < 4.78 is 14.8. The Morgan fingerprint density at radius 3 is 2.75 bits per heavy atom. The number of carbonyl (C=O) groups excluding carboxylic acids is 1. The molecular formula is C25H24Cl2FN7O. The van der Waals surface area contributed by atoms with Gasteiger partial charge in [-0.05, 0) is 55.3 Å². The van der Waals surface area contributed by atoms with Gasteiger partial charge in [0.2, 0.25) is 5.95 Å². The van der Waals surface area contributed by atoms with E-state index in [0.29, 0.717) is 35.3 Å². The predicted octanol–water partition coefficient (Wildman–Crippen LogP) is 5.85. The zero-order chi connectivity index (χ0) is 24.5. The molecule has 2 aliphatic heterocycles. The molecular weight excluding hydrogens is 504 g/mol. The van der Waals surface area contributed by atoms with E-state index in [1.54, 1.807) is 36.5 Å². The number of rotatable bonds is 5. The molecule has 2 aromatic carbocycles. The molecule has 0 unspecified atom stereocenters. The minimum atomic E-state index is -0.598. The molecule has 0 spiro atoms. The first-order valence-corrected chi connectivity index (χ1v) is 11.6. The van der Waals surface area contributed by atoms with Crippen molar-refractivity contribution in [2.45, 2.75) is 13.8 Å². The van der Waals surface area contributed by atoms with Crippen LogP contribution in [-0.2, 0) is 0 Å². The standard InChI is InChI=1S/C25H23ClFN7O.ClH/c1-3-28-24-30-13-15-11-17(23-29-8-9-34(23)22(15)33-24)16-12-21(19(27)10-14(16)2)32-25(35)31-20-7-5-4-6-18(20)26;/h4-7,10-13H,3,8-9H2,1-2H3,(H,28,30,33)(H2,31,32,35);1H. The van der Waals surface area contributed by atoms with Gasteiger partial charge in [0, 0.05) is 30.4 Å². The maximum Gasteiger partial charge on any atom is 0.323 e. The van der Waals surface area contributed by atoms with Gasteiger partial charge in [0.05, 0.1) is 22.9 Å². The molecule has 2 aliphatic rings. The molecule has 0 radical (unpaired) electrons. The minimum absolute atomic E-state index is 0. The molecule has 36 heavy (non-hydrogen) atoms. The summed E-state index contributed by atoms with van der Waals surface area (Å²) >= 11 is 6.11. The van der Waals surface area contributed by atoms with Crippen molar-refractivity contribution in [2.75, 3.05) is 40.5 Å². The molecule has 0 fully saturated rings. The first kappa shape index (κ1) is 25.4. The average molecular weight is 528 g/mol. The van der Waals surface area contributed by atoms with Crippen molar-refractivity contribution in [3.63, 3.8) is 0 Å². The third kappa shape index (κ3) is 4.84. The summed E-state index contributed by atoms with van der Waals surface area (Å²) in [5.41, 5.74) is 3.61. The Labute approximate surface area is 219 Å². The number of urea groups is 1. The third-order valence-electron chi connectivity index (χ3n) is 5.74. The fourth-order valence-electron chi connectivity index (χ4n) is 4.14. The number of nitrogens with one attached hydrogen (secondary N) is 3. The molecule has 0 aliphatic carbocycles. The summed E-state index contributed by atoms with van der Waals surface area (Å²) in [6, 6.07) is 9.27. The van der Waals surface area contributed by atoms with E-state index in [1.165, 1.54) is 6.07 Å².